The Kier molecular flexibility index (Phi) is 2.70. The van der Waals surface area contributed by atoms with Crippen molar-refractivity contribution in [2.45, 2.75) is 4.90 Å². The molecule has 16 heavy (non-hydrogen) atoms. The molecule has 0 saturated carbocycles. The quantitative estimate of drug-likeness (QED) is 0.791. The molecule has 2 rings (SSSR count). The van der Waals surface area contributed by atoms with Gasteiger partial charge in [0, 0.05) is 24.2 Å². The normalized spacial score (nSPS) is 11.3. The van der Waals surface area contributed by atoms with Gasteiger partial charge in [0.15, 0.2) is 15.7 Å². The third kappa shape index (κ3) is 2.25. The fourth-order valence-electron chi connectivity index (χ4n) is 1.30. The van der Waals surface area contributed by atoms with E-state index in [-0.39, 0.29) is 0 Å². The zero-order chi connectivity index (χ0) is 11.6. The van der Waals surface area contributed by atoms with E-state index in [1.807, 2.05) is 0 Å². The summed E-state index contributed by atoms with van der Waals surface area (Å²) >= 11 is 0. The second kappa shape index (κ2) is 4.02. The molecule has 0 fully saturated rings. The van der Waals surface area contributed by atoms with E-state index in [0.29, 0.717) is 10.7 Å². The number of hydrogen-bond donors (Lipinski definition) is 0. The molecule has 0 aliphatic rings. The van der Waals surface area contributed by atoms with Crippen LogP contribution >= 0.6 is 0 Å². The van der Waals surface area contributed by atoms with Crippen LogP contribution in [0.5, 0.6) is 0 Å². The maximum atomic E-state index is 11.2. The Morgan fingerprint density at radius 2 is 1.56 bits per heavy atom. The van der Waals surface area contributed by atoms with Gasteiger partial charge in [-0.05, 0) is 30.3 Å². The molecule has 0 aliphatic carbocycles. The largest absolute Gasteiger partial charge is 0.237 e. The summed E-state index contributed by atoms with van der Waals surface area (Å²) in [6.07, 6.45) is 4.47. The van der Waals surface area contributed by atoms with Crippen LogP contribution in [0.2, 0.25) is 0 Å². The molecule has 0 aliphatic heterocycles. The molecule has 0 amide bonds. The van der Waals surface area contributed by atoms with Gasteiger partial charge in [-0.1, -0.05) is 0 Å². The molecule has 1 heterocycles. The lowest BCUT2D eigenvalue weighted by Gasteiger charge is -2.01. The summed E-state index contributed by atoms with van der Waals surface area (Å²) in [5, 5.41) is 0. The van der Waals surface area contributed by atoms with Crippen LogP contribution in [-0.4, -0.2) is 24.6 Å². The summed E-state index contributed by atoms with van der Waals surface area (Å²) in [5.41, 5.74) is 0.799. The summed E-state index contributed by atoms with van der Waals surface area (Å²) in [7, 11) is -3.14. The number of sulfone groups is 1. The highest BCUT2D eigenvalue weighted by atomic mass is 32.2. The van der Waals surface area contributed by atoms with E-state index in [4.69, 9.17) is 0 Å². The summed E-state index contributed by atoms with van der Waals surface area (Å²) < 4.78 is 22.5. The maximum absolute atomic E-state index is 11.2. The minimum Gasteiger partial charge on any atom is -0.237 e. The van der Waals surface area contributed by atoms with E-state index in [2.05, 4.69) is 9.97 Å². The average Bonchev–Trinajstić information content (AvgIpc) is 2.29. The predicted octanol–water partition coefficient (Wildman–Crippen LogP) is 1.55. The number of rotatable bonds is 2. The molecule has 82 valence electrons. The molecule has 5 heteroatoms. The number of benzene rings is 1. The van der Waals surface area contributed by atoms with Gasteiger partial charge >= 0.3 is 0 Å². The van der Waals surface area contributed by atoms with Crippen molar-refractivity contribution < 1.29 is 8.42 Å². The molecule has 1 aromatic heterocycles. The van der Waals surface area contributed by atoms with Crippen LogP contribution in [0, 0.1) is 0 Å². The van der Waals surface area contributed by atoms with E-state index in [9.17, 15) is 8.42 Å². The Morgan fingerprint density at radius 3 is 2.06 bits per heavy atom. The Hall–Kier alpha value is -1.75. The highest BCUT2D eigenvalue weighted by Gasteiger charge is 2.07. The third-order valence-electron chi connectivity index (χ3n) is 2.11. The molecule has 0 saturated heterocycles. The van der Waals surface area contributed by atoms with Gasteiger partial charge in [0.25, 0.3) is 0 Å². The standard InChI is InChI=1S/C11H10N2O2S/c1-16(14,15)10-5-3-9(4-6-10)11-12-7-2-8-13-11/h2-8H,1H3. The van der Waals surface area contributed by atoms with Gasteiger partial charge in [-0.25, -0.2) is 18.4 Å². The molecule has 1 aromatic carbocycles. The number of nitrogens with zero attached hydrogens (tertiary/aromatic N) is 2. The molecule has 0 N–H and O–H groups in total. The number of aromatic nitrogens is 2. The van der Waals surface area contributed by atoms with Gasteiger partial charge in [0.05, 0.1) is 4.90 Å². The van der Waals surface area contributed by atoms with E-state index in [0.717, 1.165) is 5.56 Å². The molecule has 0 bridgehead atoms. The van der Waals surface area contributed by atoms with E-state index in [1.54, 1.807) is 42.7 Å². The maximum Gasteiger partial charge on any atom is 0.175 e. The summed E-state index contributed by atoms with van der Waals surface area (Å²) in [6.45, 7) is 0. The van der Waals surface area contributed by atoms with Crippen LogP contribution < -0.4 is 0 Å². The first kappa shape index (κ1) is 10.8. The third-order valence-corrected chi connectivity index (χ3v) is 3.23. The average molecular weight is 234 g/mol. The van der Waals surface area contributed by atoms with Crippen molar-refractivity contribution in [2.24, 2.45) is 0 Å². The first-order chi connectivity index (χ1) is 7.57. The topological polar surface area (TPSA) is 59.9 Å². The predicted molar refractivity (Wildman–Crippen MR) is 60.6 cm³/mol. The Morgan fingerprint density at radius 1 is 1.00 bits per heavy atom. The molecular formula is C11H10N2O2S. The van der Waals surface area contributed by atoms with Crippen LogP contribution in [0.15, 0.2) is 47.6 Å². The first-order valence-corrected chi connectivity index (χ1v) is 6.54. The zero-order valence-electron chi connectivity index (χ0n) is 8.66. The fraction of sp³-hybridized carbons (Fsp3) is 0.0909. The smallest absolute Gasteiger partial charge is 0.175 e. The lowest BCUT2D eigenvalue weighted by Crippen LogP contribution is -1.96. The van der Waals surface area contributed by atoms with Gasteiger partial charge in [-0.2, -0.15) is 0 Å². The molecule has 0 atom stereocenters. The highest BCUT2D eigenvalue weighted by molar-refractivity contribution is 7.90. The zero-order valence-corrected chi connectivity index (χ0v) is 9.48. The minimum absolute atomic E-state index is 0.298. The number of hydrogen-bond acceptors (Lipinski definition) is 4. The second-order valence-electron chi connectivity index (χ2n) is 3.37. The minimum atomic E-state index is -3.14. The van der Waals surface area contributed by atoms with Crippen molar-refractivity contribution in [3.8, 4) is 11.4 Å². The van der Waals surface area contributed by atoms with Gasteiger partial charge in [0.1, 0.15) is 0 Å². The van der Waals surface area contributed by atoms with Crippen LogP contribution in [0.1, 0.15) is 0 Å². The highest BCUT2D eigenvalue weighted by Crippen LogP contribution is 2.17. The molecule has 0 radical (unpaired) electrons. The van der Waals surface area contributed by atoms with Gasteiger partial charge in [-0.3, -0.25) is 0 Å². The summed E-state index contributed by atoms with van der Waals surface area (Å²) in [5.74, 6) is 0.586. The molecule has 0 spiro atoms. The van der Waals surface area contributed by atoms with Crippen molar-refractivity contribution in [2.75, 3.05) is 6.26 Å². The Balaban J connectivity index is 2.41. The Bertz CT molecular complexity index is 577. The first-order valence-electron chi connectivity index (χ1n) is 4.65. The van der Waals surface area contributed by atoms with Crippen molar-refractivity contribution >= 4 is 9.84 Å². The molecular weight excluding hydrogens is 224 g/mol. The lowest BCUT2D eigenvalue weighted by molar-refractivity contribution is 0.602. The van der Waals surface area contributed by atoms with Gasteiger partial charge in [0.2, 0.25) is 0 Å². The van der Waals surface area contributed by atoms with Crippen LogP contribution in [0.3, 0.4) is 0 Å². The van der Waals surface area contributed by atoms with Gasteiger partial charge < -0.3 is 0 Å². The SMILES string of the molecule is CS(=O)(=O)c1ccc(-c2ncccn2)cc1. The van der Waals surface area contributed by atoms with Crippen molar-refractivity contribution in [3.05, 3.63) is 42.7 Å². The van der Waals surface area contributed by atoms with Crippen molar-refractivity contribution in [1.29, 1.82) is 0 Å². The van der Waals surface area contributed by atoms with Crippen LogP contribution in [-0.2, 0) is 9.84 Å². The molecule has 0 unspecified atom stereocenters. The fourth-order valence-corrected chi connectivity index (χ4v) is 1.93. The van der Waals surface area contributed by atoms with Crippen molar-refractivity contribution in [3.63, 3.8) is 0 Å². The summed E-state index contributed by atoms with van der Waals surface area (Å²) in [4.78, 5) is 8.46. The van der Waals surface area contributed by atoms with Crippen LogP contribution in [0.4, 0.5) is 0 Å². The summed E-state index contributed by atoms with van der Waals surface area (Å²) in [6, 6.07) is 8.24. The van der Waals surface area contributed by atoms with Crippen LogP contribution in [0.25, 0.3) is 11.4 Å². The second-order valence-corrected chi connectivity index (χ2v) is 5.38. The van der Waals surface area contributed by atoms with E-state index >= 15 is 0 Å². The monoisotopic (exact) mass is 234 g/mol. The van der Waals surface area contributed by atoms with E-state index in [1.165, 1.54) is 6.26 Å². The Labute approximate surface area is 93.9 Å². The van der Waals surface area contributed by atoms with Crippen molar-refractivity contribution in [1.82, 2.24) is 9.97 Å². The van der Waals surface area contributed by atoms with Gasteiger partial charge in [-0.15, -0.1) is 0 Å². The van der Waals surface area contributed by atoms with E-state index < -0.39 is 9.84 Å². The lowest BCUT2D eigenvalue weighted by atomic mass is 10.2. The molecule has 2 aromatic rings. The molecule has 4 nitrogen and oxygen atoms in total.